The molecule has 1 radical (unpaired) electrons. The van der Waals surface area contributed by atoms with Crippen LogP contribution in [0.5, 0.6) is 0 Å². The molecule has 0 aromatic rings. The molecule has 0 fully saturated rings. The fourth-order valence-electron chi connectivity index (χ4n) is 0.135. The van der Waals surface area contributed by atoms with Crippen LogP contribution in [-0.2, 0) is 0 Å². The van der Waals surface area contributed by atoms with Gasteiger partial charge in [0.25, 0.3) is 0 Å². The normalized spacial score (nSPS) is 13.7. The van der Waals surface area contributed by atoms with Gasteiger partial charge in [0, 0.05) is 0 Å². The van der Waals surface area contributed by atoms with E-state index in [2.05, 4.69) is 6.92 Å². The van der Waals surface area contributed by atoms with Crippen LogP contribution >= 0.6 is 0 Å². The van der Waals surface area contributed by atoms with Crippen LogP contribution in [0.15, 0.2) is 11.1 Å². The van der Waals surface area contributed by atoms with Gasteiger partial charge in [-0.1, -0.05) is 5.57 Å². The summed E-state index contributed by atoms with van der Waals surface area (Å²) in [6.07, 6.45) is 0. The zero-order valence-corrected chi connectivity index (χ0v) is 4.86. The van der Waals surface area contributed by atoms with Crippen molar-refractivity contribution in [3.05, 3.63) is 18.1 Å². The van der Waals surface area contributed by atoms with Gasteiger partial charge in [-0.25, -0.2) is 0 Å². The third kappa shape index (κ3) is 2.40. The number of allylic oxidation sites excluding steroid dienone is 1. The second-order valence-corrected chi connectivity index (χ2v) is 1.72. The van der Waals surface area contributed by atoms with Crippen LogP contribution in [0.1, 0.15) is 13.8 Å². The third-order valence-electron chi connectivity index (χ3n) is 0.966. The number of hydrogen-bond acceptors (Lipinski definition) is 1. The van der Waals surface area contributed by atoms with Crippen molar-refractivity contribution in [2.24, 2.45) is 0 Å². The van der Waals surface area contributed by atoms with Crippen LogP contribution in [-0.4, -0.2) is 11.7 Å². The van der Waals surface area contributed by atoms with Crippen LogP contribution in [0.3, 0.4) is 0 Å². The van der Waals surface area contributed by atoms with Crippen molar-refractivity contribution >= 4 is 0 Å². The maximum Gasteiger partial charge on any atom is 0.0641 e. The van der Waals surface area contributed by atoms with Crippen LogP contribution in [0, 0.1) is 6.92 Å². The fraction of sp³-hybridized carbons (Fsp3) is 0.500. The van der Waals surface area contributed by atoms with Crippen LogP contribution in [0.2, 0.25) is 0 Å². The Balaban J connectivity index is 3.72. The van der Waals surface area contributed by atoms with E-state index in [0.29, 0.717) is 0 Å². The average Bonchev–Trinajstić information content (AvgIpc) is 1.65. The molecule has 41 valence electrons. The summed E-state index contributed by atoms with van der Waals surface area (Å²) in [4.78, 5) is 0. The van der Waals surface area contributed by atoms with Gasteiger partial charge >= 0.3 is 0 Å². The summed E-state index contributed by atoms with van der Waals surface area (Å²) in [5.41, 5.74) is 1.92. The molecule has 0 spiro atoms. The van der Waals surface area contributed by atoms with E-state index in [-0.39, 0.29) is 6.61 Å². The van der Waals surface area contributed by atoms with Crippen molar-refractivity contribution in [2.45, 2.75) is 13.8 Å². The van der Waals surface area contributed by atoms with E-state index in [1.165, 1.54) is 0 Å². The van der Waals surface area contributed by atoms with Gasteiger partial charge in [-0.2, -0.15) is 0 Å². The molecule has 0 aliphatic rings. The Hall–Kier alpha value is -0.300. The molecule has 0 amide bonds. The SMILES string of the molecule is [CH2]C(C)=C(C)CO. The molecule has 0 atom stereocenters. The van der Waals surface area contributed by atoms with Crippen molar-refractivity contribution in [1.29, 1.82) is 0 Å². The zero-order chi connectivity index (χ0) is 5.86. The molecule has 0 saturated heterocycles. The highest BCUT2D eigenvalue weighted by molar-refractivity contribution is 5.11. The first-order valence-corrected chi connectivity index (χ1v) is 2.27. The molecule has 0 saturated carbocycles. The van der Waals surface area contributed by atoms with Crippen LogP contribution < -0.4 is 0 Å². The minimum atomic E-state index is 0.134. The second-order valence-electron chi connectivity index (χ2n) is 1.72. The van der Waals surface area contributed by atoms with Crippen molar-refractivity contribution in [3.8, 4) is 0 Å². The summed E-state index contributed by atoms with van der Waals surface area (Å²) < 4.78 is 0. The third-order valence-corrected chi connectivity index (χ3v) is 0.966. The summed E-state index contributed by atoms with van der Waals surface area (Å²) in [6, 6.07) is 0. The van der Waals surface area contributed by atoms with Gasteiger partial charge in [0.2, 0.25) is 0 Å². The standard InChI is InChI=1S/C6H11O/c1-5(2)6(3)4-7/h7H,1,4H2,2-3H3. The molecule has 0 aliphatic carbocycles. The summed E-state index contributed by atoms with van der Waals surface area (Å²) >= 11 is 0. The summed E-state index contributed by atoms with van der Waals surface area (Å²) in [6.45, 7) is 7.51. The van der Waals surface area contributed by atoms with Gasteiger partial charge in [-0.3, -0.25) is 0 Å². The quantitative estimate of drug-likeness (QED) is 0.522. The smallest absolute Gasteiger partial charge is 0.0641 e. The Kier molecular flexibility index (Phi) is 2.68. The molecule has 1 N–H and O–H groups in total. The molecular weight excluding hydrogens is 88.1 g/mol. The molecule has 1 nitrogen and oxygen atoms in total. The first kappa shape index (κ1) is 6.70. The molecule has 0 rings (SSSR count). The lowest BCUT2D eigenvalue weighted by Crippen LogP contribution is -1.85. The van der Waals surface area contributed by atoms with Gasteiger partial charge in [0.05, 0.1) is 6.61 Å². The summed E-state index contributed by atoms with van der Waals surface area (Å²) in [5.74, 6) is 0. The van der Waals surface area contributed by atoms with Crippen LogP contribution in [0.25, 0.3) is 0 Å². The predicted molar refractivity (Wildman–Crippen MR) is 30.8 cm³/mol. The van der Waals surface area contributed by atoms with Gasteiger partial charge in [-0.15, -0.1) is 0 Å². The maximum atomic E-state index is 8.41. The Bertz CT molecular complexity index is 78.2. The molecule has 0 aliphatic heterocycles. The molecule has 1 heteroatoms. The van der Waals surface area contributed by atoms with Gasteiger partial charge in [0.1, 0.15) is 0 Å². The Morgan fingerprint density at radius 3 is 2.00 bits per heavy atom. The first-order valence-electron chi connectivity index (χ1n) is 2.27. The van der Waals surface area contributed by atoms with Crippen molar-refractivity contribution in [2.75, 3.05) is 6.61 Å². The molecule has 0 bridgehead atoms. The number of aliphatic hydroxyl groups is 1. The molecule has 0 aromatic carbocycles. The van der Waals surface area contributed by atoms with E-state index in [4.69, 9.17) is 5.11 Å². The van der Waals surface area contributed by atoms with Crippen molar-refractivity contribution in [3.63, 3.8) is 0 Å². The van der Waals surface area contributed by atoms with E-state index >= 15 is 0 Å². The summed E-state index contributed by atoms with van der Waals surface area (Å²) in [7, 11) is 0. The van der Waals surface area contributed by atoms with E-state index in [0.717, 1.165) is 11.1 Å². The number of hydrogen-bond donors (Lipinski definition) is 1. The molecule has 0 aromatic heterocycles. The lowest BCUT2D eigenvalue weighted by atomic mass is 10.2. The Labute approximate surface area is 44.7 Å². The van der Waals surface area contributed by atoms with E-state index in [1.807, 2.05) is 13.8 Å². The fourth-order valence-corrected chi connectivity index (χ4v) is 0.135. The van der Waals surface area contributed by atoms with E-state index < -0.39 is 0 Å². The minimum absolute atomic E-state index is 0.134. The predicted octanol–water partition coefficient (Wildman–Crippen LogP) is 1.15. The monoisotopic (exact) mass is 99.1 g/mol. The molecule has 0 unspecified atom stereocenters. The number of rotatable bonds is 1. The van der Waals surface area contributed by atoms with Crippen molar-refractivity contribution < 1.29 is 5.11 Å². The van der Waals surface area contributed by atoms with Crippen LogP contribution in [0.4, 0.5) is 0 Å². The molecule has 0 heterocycles. The molecular formula is C6H11O. The van der Waals surface area contributed by atoms with Gasteiger partial charge < -0.3 is 5.11 Å². The average molecular weight is 99.2 g/mol. The summed E-state index contributed by atoms with van der Waals surface area (Å²) in [5, 5.41) is 8.41. The first-order chi connectivity index (χ1) is 3.18. The lowest BCUT2D eigenvalue weighted by Gasteiger charge is -1.93. The van der Waals surface area contributed by atoms with Gasteiger partial charge in [0.15, 0.2) is 0 Å². The highest BCUT2D eigenvalue weighted by Gasteiger charge is 1.84. The minimum Gasteiger partial charge on any atom is -0.392 e. The second kappa shape index (κ2) is 2.80. The van der Waals surface area contributed by atoms with E-state index in [9.17, 15) is 0 Å². The highest BCUT2D eigenvalue weighted by Crippen LogP contribution is 1.97. The molecule has 7 heavy (non-hydrogen) atoms. The lowest BCUT2D eigenvalue weighted by molar-refractivity contribution is 0.330. The Morgan fingerprint density at radius 1 is 1.57 bits per heavy atom. The topological polar surface area (TPSA) is 20.2 Å². The van der Waals surface area contributed by atoms with Crippen molar-refractivity contribution in [1.82, 2.24) is 0 Å². The zero-order valence-electron chi connectivity index (χ0n) is 4.86. The highest BCUT2D eigenvalue weighted by atomic mass is 16.3. The Morgan fingerprint density at radius 2 is 2.00 bits per heavy atom. The van der Waals surface area contributed by atoms with E-state index in [1.54, 1.807) is 0 Å². The largest absolute Gasteiger partial charge is 0.392 e. The number of aliphatic hydroxyl groups excluding tert-OH is 1. The van der Waals surface area contributed by atoms with Gasteiger partial charge in [-0.05, 0) is 26.3 Å². The maximum absolute atomic E-state index is 8.41.